The number of aromatic nitrogens is 2. The Balaban J connectivity index is 2.15. The highest BCUT2D eigenvalue weighted by molar-refractivity contribution is 6.07. The molecule has 0 aliphatic rings. The topological polar surface area (TPSA) is 93.2 Å². The first-order valence-corrected chi connectivity index (χ1v) is 8.15. The lowest BCUT2D eigenvalue weighted by Crippen LogP contribution is -2.18. The summed E-state index contributed by atoms with van der Waals surface area (Å²) in [4.78, 5) is 32.7. The molecule has 7 nitrogen and oxygen atoms in total. The van der Waals surface area contributed by atoms with Crippen LogP contribution in [-0.2, 0) is 4.74 Å². The van der Waals surface area contributed by atoms with Gasteiger partial charge in [-0.15, -0.1) is 0 Å². The van der Waals surface area contributed by atoms with Crippen molar-refractivity contribution in [3.63, 3.8) is 0 Å². The van der Waals surface area contributed by atoms with Crippen molar-refractivity contribution in [2.45, 2.75) is 20.8 Å². The van der Waals surface area contributed by atoms with Crippen molar-refractivity contribution >= 4 is 23.5 Å². The molecular formula is C18H22N4O3. The molecule has 25 heavy (non-hydrogen) atoms. The number of benzene rings is 1. The number of nitrogens with zero attached hydrogens (tertiary/aromatic N) is 2. The molecule has 132 valence electrons. The van der Waals surface area contributed by atoms with Crippen LogP contribution in [0.25, 0.3) is 0 Å². The minimum atomic E-state index is -0.486. The number of esters is 1. The minimum Gasteiger partial charge on any atom is -0.462 e. The van der Waals surface area contributed by atoms with Gasteiger partial charge in [0.15, 0.2) is 0 Å². The molecule has 2 aromatic rings. The lowest BCUT2D eigenvalue weighted by molar-refractivity contribution is 0.0527. The van der Waals surface area contributed by atoms with Gasteiger partial charge in [-0.25, -0.2) is 14.8 Å². The lowest BCUT2D eigenvalue weighted by atomic mass is 10.1. The zero-order chi connectivity index (χ0) is 18.2. The molecule has 0 aliphatic heterocycles. The Bertz CT molecular complexity index is 747. The molecule has 0 fully saturated rings. The Morgan fingerprint density at radius 3 is 2.68 bits per heavy atom. The fourth-order valence-electron chi connectivity index (χ4n) is 2.03. The Morgan fingerprint density at radius 2 is 1.96 bits per heavy atom. The van der Waals surface area contributed by atoms with E-state index in [-0.39, 0.29) is 12.3 Å². The number of rotatable bonds is 7. The molecule has 0 aliphatic carbocycles. The van der Waals surface area contributed by atoms with Crippen molar-refractivity contribution in [1.29, 1.82) is 0 Å². The van der Waals surface area contributed by atoms with E-state index in [0.29, 0.717) is 29.7 Å². The number of para-hydroxylation sites is 1. The first kappa shape index (κ1) is 18.4. The number of carbonyl (C=O) groups excluding carboxylic acids is 2. The molecule has 1 amide bonds. The molecule has 7 heteroatoms. The second-order valence-electron chi connectivity index (χ2n) is 5.76. The normalized spacial score (nSPS) is 10.4. The van der Waals surface area contributed by atoms with Gasteiger partial charge in [0.25, 0.3) is 5.91 Å². The predicted molar refractivity (Wildman–Crippen MR) is 95.7 cm³/mol. The fourth-order valence-corrected chi connectivity index (χ4v) is 2.03. The third kappa shape index (κ3) is 5.27. The number of anilines is 2. The largest absolute Gasteiger partial charge is 0.462 e. The highest BCUT2D eigenvalue weighted by Gasteiger charge is 2.16. The summed E-state index contributed by atoms with van der Waals surface area (Å²) < 4.78 is 5.00. The van der Waals surface area contributed by atoms with Crippen molar-refractivity contribution in [3.8, 4) is 0 Å². The summed E-state index contributed by atoms with van der Waals surface area (Å²) >= 11 is 0. The first-order chi connectivity index (χ1) is 12.0. The van der Waals surface area contributed by atoms with E-state index in [2.05, 4.69) is 34.4 Å². The zero-order valence-corrected chi connectivity index (χ0v) is 14.6. The van der Waals surface area contributed by atoms with E-state index >= 15 is 0 Å². The van der Waals surface area contributed by atoms with Gasteiger partial charge < -0.3 is 15.4 Å². The molecule has 1 aromatic carbocycles. The second-order valence-corrected chi connectivity index (χ2v) is 5.76. The van der Waals surface area contributed by atoms with Gasteiger partial charge in [0.2, 0.25) is 5.95 Å². The van der Waals surface area contributed by atoms with Crippen molar-refractivity contribution in [1.82, 2.24) is 9.97 Å². The number of hydrogen-bond donors (Lipinski definition) is 2. The van der Waals surface area contributed by atoms with Crippen LogP contribution >= 0.6 is 0 Å². The molecule has 0 bridgehead atoms. The number of nitrogens with one attached hydrogen (secondary N) is 2. The van der Waals surface area contributed by atoms with E-state index in [1.807, 2.05) is 0 Å². The van der Waals surface area contributed by atoms with E-state index in [4.69, 9.17) is 4.74 Å². The summed E-state index contributed by atoms with van der Waals surface area (Å²) in [5.74, 6) is -0.0929. The molecule has 1 aromatic heterocycles. The van der Waals surface area contributed by atoms with Crippen LogP contribution in [0, 0.1) is 5.92 Å². The molecule has 0 atom stereocenters. The minimum absolute atomic E-state index is 0.208. The molecular weight excluding hydrogens is 320 g/mol. The predicted octanol–water partition coefficient (Wildman–Crippen LogP) is 2.97. The second kappa shape index (κ2) is 8.77. The maximum absolute atomic E-state index is 12.5. The summed E-state index contributed by atoms with van der Waals surface area (Å²) in [5, 5.41) is 5.77. The standard InChI is InChI=1S/C18H22N4O3/c1-4-25-17(24)13-7-5-6-8-14(13)21-16(23)15-9-10-19-18(22-15)20-11-12(2)3/h5-10,12H,4,11H2,1-3H3,(H,21,23)(H,19,20,22). The molecule has 0 saturated heterocycles. The van der Waals surface area contributed by atoms with Gasteiger partial charge in [-0.3, -0.25) is 4.79 Å². The third-order valence-electron chi connectivity index (χ3n) is 3.23. The van der Waals surface area contributed by atoms with Crippen LogP contribution in [-0.4, -0.2) is 35.0 Å². The van der Waals surface area contributed by atoms with Crippen LogP contribution in [0.2, 0.25) is 0 Å². The van der Waals surface area contributed by atoms with Gasteiger partial charge in [0, 0.05) is 12.7 Å². The van der Waals surface area contributed by atoms with Crippen molar-refractivity contribution in [2.24, 2.45) is 5.92 Å². The van der Waals surface area contributed by atoms with Crippen LogP contribution in [0.15, 0.2) is 36.5 Å². The fraction of sp³-hybridized carbons (Fsp3) is 0.333. The number of carbonyl (C=O) groups is 2. The van der Waals surface area contributed by atoms with Crippen molar-refractivity contribution in [2.75, 3.05) is 23.8 Å². The van der Waals surface area contributed by atoms with Crippen LogP contribution in [0.1, 0.15) is 41.6 Å². The van der Waals surface area contributed by atoms with E-state index in [1.54, 1.807) is 31.2 Å². The van der Waals surface area contributed by atoms with Gasteiger partial charge in [-0.05, 0) is 31.0 Å². The Hall–Kier alpha value is -2.96. The number of hydrogen-bond acceptors (Lipinski definition) is 6. The van der Waals surface area contributed by atoms with Crippen LogP contribution in [0.5, 0.6) is 0 Å². The van der Waals surface area contributed by atoms with Gasteiger partial charge >= 0.3 is 5.97 Å². The van der Waals surface area contributed by atoms with Gasteiger partial charge in [-0.2, -0.15) is 0 Å². The third-order valence-corrected chi connectivity index (χ3v) is 3.23. The van der Waals surface area contributed by atoms with E-state index < -0.39 is 11.9 Å². The zero-order valence-electron chi connectivity index (χ0n) is 14.6. The monoisotopic (exact) mass is 342 g/mol. The lowest BCUT2D eigenvalue weighted by Gasteiger charge is -2.11. The highest BCUT2D eigenvalue weighted by atomic mass is 16.5. The average molecular weight is 342 g/mol. The van der Waals surface area contributed by atoms with E-state index in [0.717, 1.165) is 0 Å². The first-order valence-electron chi connectivity index (χ1n) is 8.15. The summed E-state index contributed by atoms with van der Waals surface area (Å²) in [5.41, 5.74) is 0.881. The molecule has 0 saturated carbocycles. The van der Waals surface area contributed by atoms with Crippen molar-refractivity contribution in [3.05, 3.63) is 47.8 Å². The van der Waals surface area contributed by atoms with Gasteiger partial charge in [0.1, 0.15) is 5.69 Å². The molecule has 1 heterocycles. The number of ether oxygens (including phenoxy) is 1. The summed E-state index contributed by atoms with van der Waals surface area (Å²) in [6.07, 6.45) is 1.52. The molecule has 0 radical (unpaired) electrons. The highest BCUT2D eigenvalue weighted by Crippen LogP contribution is 2.17. The van der Waals surface area contributed by atoms with Crippen molar-refractivity contribution < 1.29 is 14.3 Å². The molecule has 0 unspecified atom stereocenters. The summed E-state index contributed by atoms with van der Waals surface area (Å²) in [6, 6.07) is 8.20. The Labute approximate surface area is 146 Å². The maximum atomic E-state index is 12.5. The van der Waals surface area contributed by atoms with Gasteiger partial charge in [0.05, 0.1) is 17.9 Å². The summed E-state index contributed by atoms with van der Waals surface area (Å²) in [7, 11) is 0. The Morgan fingerprint density at radius 1 is 1.20 bits per heavy atom. The van der Waals surface area contributed by atoms with Gasteiger partial charge in [-0.1, -0.05) is 26.0 Å². The average Bonchev–Trinajstić information content (AvgIpc) is 2.61. The smallest absolute Gasteiger partial charge is 0.340 e. The molecule has 0 spiro atoms. The van der Waals surface area contributed by atoms with Crippen LogP contribution in [0.3, 0.4) is 0 Å². The Kier molecular flexibility index (Phi) is 6.45. The van der Waals surface area contributed by atoms with E-state index in [9.17, 15) is 9.59 Å². The molecule has 2 rings (SSSR count). The maximum Gasteiger partial charge on any atom is 0.340 e. The molecule has 2 N–H and O–H groups in total. The summed E-state index contributed by atoms with van der Waals surface area (Å²) in [6.45, 7) is 6.83. The van der Waals surface area contributed by atoms with Crippen LogP contribution in [0.4, 0.5) is 11.6 Å². The van der Waals surface area contributed by atoms with E-state index in [1.165, 1.54) is 12.3 Å². The SMILES string of the molecule is CCOC(=O)c1ccccc1NC(=O)c1ccnc(NCC(C)C)n1. The number of amides is 1. The van der Waals surface area contributed by atoms with Crippen LogP contribution < -0.4 is 10.6 Å². The quantitative estimate of drug-likeness (QED) is 0.752.